The maximum Gasteiger partial charge on any atom is 0.251 e. The molecule has 0 aliphatic rings. The van der Waals surface area contributed by atoms with Gasteiger partial charge >= 0.3 is 0 Å². The standard InChI is InChI=1S/C19H22ClNO3/c1-4-23-17-11-8-15(12-18(17)24-5-2)19(22)21-13(3)14-6-9-16(20)10-7-14/h6-13H,4-5H2,1-3H3,(H,21,22)/t13-/m0/s1. The molecule has 2 rings (SSSR count). The third kappa shape index (κ3) is 4.65. The van der Waals surface area contributed by atoms with Crippen LogP contribution in [0.3, 0.4) is 0 Å². The van der Waals surface area contributed by atoms with Crippen LogP contribution in [0.25, 0.3) is 0 Å². The van der Waals surface area contributed by atoms with E-state index in [1.807, 2.05) is 45.0 Å². The van der Waals surface area contributed by atoms with Crippen molar-refractivity contribution in [3.63, 3.8) is 0 Å². The summed E-state index contributed by atoms with van der Waals surface area (Å²) in [6, 6.07) is 12.5. The van der Waals surface area contributed by atoms with E-state index in [1.54, 1.807) is 18.2 Å². The third-order valence-electron chi connectivity index (χ3n) is 3.52. The molecule has 0 radical (unpaired) electrons. The van der Waals surface area contributed by atoms with Crippen molar-refractivity contribution in [1.82, 2.24) is 5.32 Å². The normalized spacial score (nSPS) is 11.7. The van der Waals surface area contributed by atoms with E-state index in [1.165, 1.54) is 0 Å². The number of nitrogens with one attached hydrogen (secondary N) is 1. The van der Waals surface area contributed by atoms with Crippen molar-refractivity contribution >= 4 is 17.5 Å². The van der Waals surface area contributed by atoms with Crippen molar-refractivity contribution in [3.8, 4) is 11.5 Å². The van der Waals surface area contributed by atoms with E-state index in [0.717, 1.165) is 5.56 Å². The molecule has 0 heterocycles. The monoisotopic (exact) mass is 347 g/mol. The van der Waals surface area contributed by atoms with E-state index in [-0.39, 0.29) is 11.9 Å². The maximum atomic E-state index is 12.5. The lowest BCUT2D eigenvalue weighted by atomic mass is 10.1. The van der Waals surface area contributed by atoms with E-state index in [2.05, 4.69) is 5.32 Å². The molecule has 0 aliphatic carbocycles. The second-order valence-corrected chi connectivity index (χ2v) is 5.71. The molecule has 0 bridgehead atoms. The van der Waals surface area contributed by atoms with Gasteiger partial charge in [0.25, 0.3) is 5.91 Å². The molecule has 2 aromatic carbocycles. The quantitative estimate of drug-likeness (QED) is 0.794. The Labute approximate surface area is 147 Å². The number of ether oxygens (including phenoxy) is 2. The molecule has 1 N–H and O–H groups in total. The zero-order chi connectivity index (χ0) is 17.5. The van der Waals surface area contributed by atoms with Crippen molar-refractivity contribution < 1.29 is 14.3 Å². The number of hydrogen-bond acceptors (Lipinski definition) is 3. The van der Waals surface area contributed by atoms with Gasteiger partial charge in [-0.05, 0) is 56.7 Å². The van der Waals surface area contributed by atoms with Crippen LogP contribution in [-0.2, 0) is 0 Å². The first-order valence-corrected chi connectivity index (χ1v) is 8.38. The van der Waals surface area contributed by atoms with E-state index in [4.69, 9.17) is 21.1 Å². The molecule has 4 nitrogen and oxygen atoms in total. The number of amides is 1. The smallest absolute Gasteiger partial charge is 0.251 e. The van der Waals surface area contributed by atoms with Crippen molar-refractivity contribution in [2.75, 3.05) is 13.2 Å². The van der Waals surface area contributed by atoms with Gasteiger partial charge in [0.1, 0.15) is 0 Å². The number of carbonyl (C=O) groups excluding carboxylic acids is 1. The Kier molecular flexibility index (Phi) is 6.50. The lowest BCUT2D eigenvalue weighted by Crippen LogP contribution is -2.26. The van der Waals surface area contributed by atoms with Gasteiger partial charge in [-0.3, -0.25) is 4.79 Å². The summed E-state index contributed by atoms with van der Waals surface area (Å²) in [7, 11) is 0. The molecular weight excluding hydrogens is 326 g/mol. The minimum Gasteiger partial charge on any atom is -0.490 e. The van der Waals surface area contributed by atoms with Gasteiger partial charge in [0, 0.05) is 10.6 Å². The average Bonchev–Trinajstić information content (AvgIpc) is 2.57. The van der Waals surface area contributed by atoms with Gasteiger partial charge in [0.05, 0.1) is 19.3 Å². The first-order chi connectivity index (χ1) is 11.5. The van der Waals surface area contributed by atoms with Crippen molar-refractivity contribution in [1.29, 1.82) is 0 Å². The van der Waals surface area contributed by atoms with Crippen molar-refractivity contribution in [2.45, 2.75) is 26.8 Å². The molecule has 0 saturated heterocycles. The number of hydrogen-bond donors (Lipinski definition) is 1. The van der Waals surface area contributed by atoms with Gasteiger partial charge in [0.15, 0.2) is 11.5 Å². The van der Waals surface area contributed by atoms with E-state index in [9.17, 15) is 4.79 Å². The number of benzene rings is 2. The molecule has 0 saturated carbocycles. The summed E-state index contributed by atoms with van der Waals surface area (Å²) in [5.74, 6) is 1.05. The molecule has 0 unspecified atom stereocenters. The molecule has 0 aliphatic heterocycles. The molecule has 0 fully saturated rings. The second-order valence-electron chi connectivity index (χ2n) is 5.27. The lowest BCUT2D eigenvalue weighted by Gasteiger charge is -2.16. The summed E-state index contributed by atoms with van der Waals surface area (Å²) >= 11 is 5.89. The third-order valence-corrected chi connectivity index (χ3v) is 3.78. The molecule has 1 atom stereocenters. The van der Waals surface area contributed by atoms with E-state index in [0.29, 0.717) is 35.3 Å². The van der Waals surface area contributed by atoms with Crippen molar-refractivity contribution in [2.24, 2.45) is 0 Å². The van der Waals surface area contributed by atoms with Crippen molar-refractivity contribution in [3.05, 3.63) is 58.6 Å². The first kappa shape index (κ1) is 18.1. The summed E-state index contributed by atoms with van der Waals surface area (Å²) < 4.78 is 11.1. The summed E-state index contributed by atoms with van der Waals surface area (Å²) in [5, 5.41) is 3.65. The van der Waals surface area contributed by atoms with Gasteiger partial charge in [0.2, 0.25) is 0 Å². The highest BCUT2D eigenvalue weighted by atomic mass is 35.5. The number of rotatable bonds is 7. The van der Waals surface area contributed by atoms with Crippen LogP contribution in [0.5, 0.6) is 11.5 Å². The minimum absolute atomic E-state index is 0.128. The molecule has 0 aromatic heterocycles. The van der Waals surface area contributed by atoms with Crippen LogP contribution >= 0.6 is 11.6 Å². The fourth-order valence-corrected chi connectivity index (χ4v) is 2.43. The Morgan fingerprint density at radius 3 is 2.29 bits per heavy atom. The van der Waals surface area contributed by atoms with Crippen LogP contribution in [-0.4, -0.2) is 19.1 Å². The Bertz CT molecular complexity index is 686. The zero-order valence-corrected chi connectivity index (χ0v) is 14.9. The molecule has 24 heavy (non-hydrogen) atoms. The SMILES string of the molecule is CCOc1ccc(C(=O)N[C@@H](C)c2ccc(Cl)cc2)cc1OCC. The van der Waals surface area contributed by atoms with Gasteiger partial charge in [-0.2, -0.15) is 0 Å². The van der Waals surface area contributed by atoms with E-state index >= 15 is 0 Å². The molecular formula is C19H22ClNO3. The predicted octanol–water partition coefficient (Wildman–Crippen LogP) is 4.63. The average molecular weight is 348 g/mol. The van der Waals surface area contributed by atoms with Gasteiger partial charge in [-0.25, -0.2) is 0 Å². The number of carbonyl (C=O) groups is 1. The largest absolute Gasteiger partial charge is 0.490 e. The molecule has 5 heteroatoms. The maximum absolute atomic E-state index is 12.5. The van der Waals surface area contributed by atoms with Gasteiger partial charge in [-0.15, -0.1) is 0 Å². The van der Waals surface area contributed by atoms with Crippen LogP contribution in [0.4, 0.5) is 0 Å². The van der Waals surface area contributed by atoms with E-state index < -0.39 is 0 Å². The van der Waals surface area contributed by atoms with Crippen LogP contribution in [0.2, 0.25) is 5.02 Å². The second kappa shape index (κ2) is 8.60. The Morgan fingerprint density at radius 1 is 1.04 bits per heavy atom. The molecule has 0 spiro atoms. The summed E-state index contributed by atoms with van der Waals surface area (Å²) in [4.78, 5) is 12.5. The Balaban J connectivity index is 2.13. The fourth-order valence-electron chi connectivity index (χ4n) is 2.31. The summed E-state index contributed by atoms with van der Waals surface area (Å²) in [6.45, 7) is 6.78. The topological polar surface area (TPSA) is 47.6 Å². The molecule has 1 amide bonds. The van der Waals surface area contributed by atoms with Gasteiger partial charge < -0.3 is 14.8 Å². The van der Waals surface area contributed by atoms with Crippen LogP contribution in [0.1, 0.15) is 42.7 Å². The molecule has 2 aromatic rings. The minimum atomic E-state index is -0.165. The highest BCUT2D eigenvalue weighted by molar-refractivity contribution is 6.30. The fraction of sp³-hybridized carbons (Fsp3) is 0.316. The van der Waals surface area contributed by atoms with Crippen LogP contribution < -0.4 is 14.8 Å². The zero-order valence-electron chi connectivity index (χ0n) is 14.1. The Hall–Kier alpha value is -2.20. The predicted molar refractivity (Wildman–Crippen MR) is 96.1 cm³/mol. The highest BCUT2D eigenvalue weighted by Gasteiger charge is 2.14. The summed E-state index contributed by atoms with van der Waals surface area (Å²) in [5.41, 5.74) is 1.52. The van der Waals surface area contributed by atoms with Crippen LogP contribution in [0.15, 0.2) is 42.5 Å². The lowest BCUT2D eigenvalue weighted by molar-refractivity contribution is 0.0939. The summed E-state index contributed by atoms with van der Waals surface area (Å²) in [6.07, 6.45) is 0. The highest BCUT2D eigenvalue weighted by Crippen LogP contribution is 2.28. The van der Waals surface area contributed by atoms with Gasteiger partial charge in [-0.1, -0.05) is 23.7 Å². The Morgan fingerprint density at radius 2 is 1.67 bits per heavy atom. The number of halogens is 1. The van der Waals surface area contributed by atoms with Crippen LogP contribution in [0, 0.1) is 0 Å². The first-order valence-electron chi connectivity index (χ1n) is 8.01. The molecule has 128 valence electrons.